The van der Waals surface area contributed by atoms with Gasteiger partial charge in [-0.1, -0.05) is 59.6 Å². The number of anilines is 2. The Morgan fingerprint density at radius 3 is 2.56 bits per heavy atom. The van der Waals surface area contributed by atoms with E-state index in [9.17, 15) is 9.90 Å². The quantitative estimate of drug-likeness (QED) is 0.122. The Kier molecular flexibility index (Phi) is 10.9. The van der Waals surface area contributed by atoms with Gasteiger partial charge >= 0.3 is 0 Å². The minimum absolute atomic E-state index is 0.0847. The van der Waals surface area contributed by atoms with Gasteiger partial charge in [0.15, 0.2) is 5.82 Å². The summed E-state index contributed by atoms with van der Waals surface area (Å²) in [5, 5.41) is 22.6. The van der Waals surface area contributed by atoms with E-state index in [1.807, 2.05) is 30.3 Å². The van der Waals surface area contributed by atoms with Gasteiger partial charge in [-0.05, 0) is 31.5 Å². The largest absolute Gasteiger partial charge is 0.481 e. The van der Waals surface area contributed by atoms with Crippen molar-refractivity contribution in [3.8, 4) is 28.4 Å². The minimum Gasteiger partial charge on any atom is -0.481 e. The SMILES string of the molecule is COc1nc(-c2cccc(-c3nccc(Nc4cccc(CNC[C@@H](C)O)c4F)c3Cl)c2Cl)ccc1CNC[C@H]1CCC(=O)N1. The van der Waals surface area contributed by atoms with Crippen LogP contribution in [0.25, 0.3) is 22.5 Å². The third-order valence-electron chi connectivity index (χ3n) is 7.45. The molecular weight excluding hydrogens is 618 g/mol. The lowest BCUT2D eigenvalue weighted by atomic mass is 10.0. The first-order valence-corrected chi connectivity index (χ1v) is 15.4. The summed E-state index contributed by atoms with van der Waals surface area (Å²) in [7, 11) is 1.57. The van der Waals surface area contributed by atoms with Crippen LogP contribution in [0.2, 0.25) is 10.0 Å². The summed E-state index contributed by atoms with van der Waals surface area (Å²) in [4.78, 5) is 20.7. The average molecular weight is 654 g/mol. The van der Waals surface area contributed by atoms with Crippen molar-refractivity contribution < 1.29 is 19.0 Å². The van der Waals surface area contributed by atoms with E-state index in [0.29, 0.717) is 70.7 Å². The fraction of sp³-hybridized carbons (Fsp3) is 0.303. The number of amides is 1. The van der Waals surface area contributed by atoms with Gasteiger partial charge in [-0.3, -0.25) is 9.78 Å². The van der Waals surface area contributed by atoms with Crippen LogP contribution in [0.5, 0.6) is 5.88 Å². The first-order valence-electron chi connectivity index (χ1n) is 14.7. The first kappa shape index (κ1) is 32.6. The van der Waals surface area contributed by atoms with Gasteiger partial charge in [-0.2, -0.15) is 0 Å². The van der Waals surface area contributed by atoms with Crippen molar-refractivity contribution in [1.29, 1.82) is 0 Å². The number of hydrogen-bond acceptors (Lipinski definition) is 8. The number of carbonyl (C=O) groups excluding carboxylic acids is 1. The zero-order chi connectivity index (χ0) is 31.9. The molecule has 0 saturated carbocycles. The van der Waals surface area contributed by atoms with Crippen LogP contribution in [0.3, 0.4) is 0 Å². The van der Waals surface area contributed by atoms with E-state index in [-0.39, 0.29) is 29.2 Å². The summed E-state index contributed by atoms with van der Waals surface area (Å²) >= 11 is 13.8. The predicted octanol–water partition coefficient (Wildman–Crippen LogP) is 5.85. The summed E-state index contributed by atoms with van der Waals surface area (Å²) in [6.07, 6.45) is 2.43. The minimum atomic E-state index is -0.535. The van der Waals surface area contributed by atoms with Crippen molar-refractivity contribution in [2.75, 3.05) is 25.5 Å². The summed E-state index contributed by atoms with van der Waals surface area (Å²) in [5.41, 5.74) is 4.33. The lowest BCUT2D eigenvalue weighted by molar-refractivity contribution is -0.119. The number of halogens is 3. The zero-order valence-electron chi connectivity index (χ0n) is 25.0. The zero-order valence-corrected chi connectivity index (χ0v) is 26.5. The third-order valence-corrected chi connectivity index (χ3v) is 8.24. The highest BCUT2D eigenvalue weighted by atomic mass is 35.5. The van der Waals surface area contributed by atoms with Crippen LogP contribution in [-0.2, 0) is 17.9 Å². The number of ether oxygens (including phenoxy) is 1. The van der Waals surface area contributed by atoms with E-state index < -0.39 is 11.9 Å². The molecule has 0 radical (unpaired) electrons. The van der Waals surface area contributed by atoms with Gasteiger partial charge in [0.2, 0.25) is 11.8 Å². The van der Waals surface area contributed by atoms with Crippen molar-refractivity contribution in [2.45, 2.75) is 45.0 Å². The molecule has 0 unspecified atom stereocenters. The van der Waals surface area contributed by atoms with Gasteiger partial charge in [-0.25, -0.2) is 9.37 Å². The second-order valence-electron chi connectivity index (χ2n) is 10.9. The van der Waals surface area contributed by atoms with E-state index in [1.54, 1.807) is 44.5 Å². The number of methoxy groups -OCH3 is 1. The molecule has 12 heteroatoms. The van der Waals surface area contributed by atoms with E-state index in [2.05, 4.69) is 26.3 Å². The highest BCUT2D eigenvalue weighted by molar-refractivity contribution is 6.39. The second kappa shape index (κ2) is 15.0. The molecule has 1 aliphatic rings. The molecule has 45 heavy (non-hydrogen) atoms. The molecule has 0 spiro atoms. The van der Waals surface area contributed by atoms with Crippen LogP contribution in [0.15, 0.2) is 60.8 Å². The number of aliphatic hydroxyl groups is 1. The Bertz CT molecular complexity index is 1670. The van der Waals surface area contributed by atoms with Gasteiger partial charge in [0.25, 0.3) is 0 Å². The van der Waals surface area contributed by atoms with Crippen LogP contribution >= 0.6 is 23.2 Å². The van der Waals surface area contributed by atoms with Crippen LogP contribution in [-0.4, -0.2) is 53.3 Å². The molecule has 2 atom stereocenters. The van der Waals surface area contributed by atoms with Crippen molar-refractivity contribution in [2.24, 2.45) is 0 Å². The summed E-state index contributed by atoms with van der Waals surface area (Å²) in [6.45, 7) is 3.46. The summed E-state index contributed by atoms with van der Waals surface area (Å²) in [6, 6.07) is 16.2. The van der Waals surface area contributed by atoms with E-state index in [4.69, 9.17) is 32.9 Å². The Labute approximate surface area is 271 Å². The number of nitrogens with one attached hydrogen (secondary N) is 4. The van der Waals surface area contributed by atoms with Crippen LogP contribution in [0.1, 0.15) is 30.9 Å². The summed E-state index contributed by atoms with van der Waals surface area (Å²) in [5.74, 6) is 0.125. The molecule has 0 aliphatic carbocycles. The molecule has 2 aromatic carbocycles. The Morgan fingerprint density at radius 2 is 1.80 bits per heavy atom. The van der Waals surface area contributed by atoms with Gasteiger partial charge in [0, 0.05) is 67.1 Å². The maximum atomic E-state index is 15.3. The van der Waals surface area contributed by atoms with Crippen molar-refractivity contribution in [1.82, 2.24) is 25.9 Å². The molecule has 0 bridgehead atoms. The Balaban J connectivity index is 1.36. The van der Waals surface area contributed by atoms with Gasteiger partial charge < -0.3 is 31.1 Å². The second-order valence-corrected chi connectivity index (χ2v) is 11.6. The molecule has 5 N–H and O–H groups in total. The number of hydrogen-bond donors (Lipinski definition) is 5. The number of aliphatic hydroxyl groups excluding tert-OH is 1. The highest BCUT2D eigenvalue weighted by Crippen LogP contribution is 2.41. The van der Waals surface area contributed by atoms with Crippen molar-refractivity contribution >= 4 is 40.5 Å². The van der Waals surface area contributed by atoms with E-state index >= 15 is 4.39 Å². The number of pyridine rings is 2. The molecule has 236 valence electrons. The predicted molar refractivity (Wildman–Crippen MR) is 175 cm³/mol. The molecule has 2 aromatic heterocycles. The monoisotopic (exact) mass is 652 g/mol. The lowest BCUT2D eigenvalue weighted by Crippen LogP contribution is -2.35. The smallest absolute Gasteiger partial charge is 0.220 e. The number of benzene rings is 2. The van der Waals surface area contributed by atoms with Crippen molar-refractivity contribution in [3.63, 3.8) is 0 Å². The topological polar surface area (TPSA) is 120 Å². The third kappa shape index (κ3) is 7.89. The molecule has 4 aromatic rings. The van der Waals surface area contributed by atoms with E-state index in [1.165, 1.54) is 0 Å². The van der Waals surface area contributed by atoms with Gasteiger partial charge in [0.05, 0.1) is 46.0 Å². The molecule has 1 amide bonds. The fourth-order valence-corrected chi connectivity index (χ4v) is 5.73. The molecule has 1 fully saturated rings. The number of aromatic nitrogens is 2. The van der Waals surface area contributed by atoms with Gasteiger partial charge in [0.1, 0.15) is 0 Å². The number of carbonyl (C=O) groups is 1. The van der Waals surface area contributed by atoms with Crippen LogP contribution in [0.4, 0.5) is 15.8 Å². The molecule has 9 nitrogen and oxygen atoms in total. The van der Waals surface area contributed by atoms with E-state index in [0.717, 1.165) is 12.0 Å². The molecule has 3 heterocycles. The molecule has 1 aliphatic heterocycles. The van der Waals surface area contributed by atoms with Crippen molar-refractivity contribution in [3.05, 3.63) is 87.8 Å². The Morgan fingerprint density at radius 1 is 1.02 bits per heavy atom. The fourth-order valence-electron chi connectivity index (χ4n) is 5.16. The molecule has 1 saturated heterocycles. The normalized spacial score (nSPS) is 15.2. The average Bonchev–Trinajstić information content (AvgIpc) is 3.45. The number of rotatable bonds is 13. The molecular formula is C33H35Cl2FN6O3. The standard InChI is InChI=1S/C33H35Cl2FN6O3/c1-19(43)15-37-16-20-5-3-8-27(31(20)36)41-26-13-14-39-32(30(26)35)24-7-4-6-23(29(24)34)25-11-9-21(33(42-25)45-2)17-38-18-22-10-12-28(44)40-22/h3-9,11,13-14,19,22,37-38,43H,10,12,15-18H2,1-2H3,(H,39,41)(H,40,44)/t19-,22-/m1/s1. The lowest BCUT2D eigenvalue weighted by Gasteiger charge is -2.16. The first-order chi connectivity index (χ1) is 21.7. The maximum Gasteiger partial charge on any atom is 0.220 e. The molecule has 5 rings (SSSR count). The maximum absolute atomic E-state index is 15.3. The van der Waals surface area contributed by atoms with Crippen LogP contribution in [0, 0.1) is 5.82 Å². The highest BCUT2D eigenvalue weighted by Gasteiger charge is 2.21. The van der Waals surface area contributed by atoms with Gasteiger partial charge in [-0.15, -0.1) is 0 Å². The van der Waals surface area contributed by atoms with Crippen LogP contribution < -0.4 is 26.0 Å². The summed E-state index contributed by atoms with van der Waals surface area (Å²) < 4.78 is 20.9. The number of nitrogens with zero attached hydrogens (tertiary/aromatic N) is 2. The Hall–Kier alpha value is -3.80.